The third-order valence-corrected chi connectivity index (χ3v) is 3.33. The first-order chi connectivity index (χ1) is 10.3. The quantitative estimate of drug-likeness (QED) is 0.756. The van der Waals surface area contributed by atoms with E-state index in [9.17, 15) is 0 Å². The van der Waals surface area contributed by atoms with E-state index >= 15 is 0 Å². The maximum Gasteiger partial charge on any atom is 0.122 e. The monoisotopic (exact) mass is 285 g/mol. The number of rotatable bonds is 8. The summed E-state index contributed by atoms with van der Waals surface area (Å²) >= 11 is 0. The SMILES string of the molecule is CCC(N)Cc1ccccc1OCCOc1ccccc1. The van der Waals surface area contributed by atoms with Crippen molar-refractivity contribution >= 4 is 0 Å². The van der Waals surface area contributed by atoms with Crippen LogP contribution in [0.1, 0.15) is 18.9 Å². The second-order valence-electron chi connectivity index (χ2n) is 4.99. The highest BCUT2D eigenvalue weighted by atomic mass is 16.5. The highest BCUT2D eigenvalue weighted by molar-refractivity contribution is 5.34. The standard InChI is InChI=1S/C18H23NO2/c1-2-16(19)14-15-8-6-7-11-18(15)21-13-12-20-17-9-4-3-5-10-17/h3-11,16H,2,12-14,19H2,1H3. The number of benzene rings is 2. The molecule has 0 heterocycles. The molecule has 2 N–H and O–H groups in total. The van der Waals surface area contributed by atoms with Crippen LogP contribution in [0, 0.1) is 0 Å². The Labute approximate surface area is 126 Å². The molecule has 0 fully saturated rings. The predicted octanol–water partition coefficient (Wildman–Crippen LogP) is 3.42. The predicted molar refractivity (Wildman–Crippen MR) is 85.8 cm³/mol. The van der Waals surface area contributed by atoms with E-state index < -0.39 is 0 Å². The number of ether oxygens (including phenoxy) is 2. The zero-order valence-electron chi connectivity index (χ0n) is 12.5. The molecular formula is C18H23NO2. The van der Waals surface area contributed by atoms with Crippen molar-refractivity contribution in [3.8, 4) is 11.5 Å². The fourth-order valence-electron chi connectivity index (χ4n) is 2.07. The Morgan fingerprint density at radius 3 is 2.33 bits per heavy atom. The summed E-state index contributed by atoms with van der Waals surface area (Å²) in [6.45, 7) is 3.15. The summed E-state index contributed by atoms with van der Waals surface area (Å²) in [4.78, 5) is 0. The molecule has 0 aliphatic carbocycles. The van der Waals surface area contributed by atoms with Gasteiger partial charge in [0.05, 0.1) is 0 Å². The van der Waals surface area contributed by atoms with Crippen molar-refractivity contribution in [1.29, 1.82) is 0 Å². The minimum absolute atomic E-state index is 0.176. The molecule has 0 aliphatic rings. The summed E-state index contributed by atoms with van der Waals surface area (Å²) in [7, 11) is 0. The first-order valence-corrected chi connectivity index (χ1v) is 7.43. The molecule has 0 aliphatic heterocycles. The van der Waals surface area contributed by atoms with Crippen molar-refractivity contribution in [2.45, 2.75) is 25.8 Å². The summed E-state index contributed by atoms with van der Waals surface area (Å²) in [5.41, 5.74) is 7.18. The summed E-state index contributed by atoms with van der Waals surface area (Å²) in [5, 5.41) is 0. The van der Waals surface area contributed by atoms with Crippen LogP contribution in [0.15, 0.2) is 54.6 Å². The average Bonchev–Trinajstić information content (AvgIpc) is 2.54. The van der Waals surface area contributed by atoms with Crippen molar-refractivity contribution in [2.24, 2.45) is 5.73 Å². The minimum atomic E-state index is 0.176. The topological polar surface area (TPSA) is 44.5 Å². The fourth-order valence-corrected chi connectivity index (χ4v) is 2.07. The van der Waals surface area contributed by atoms with Gasteiger partial charge in [0.2, 0.25) is 0 Å². The van der Waals surface area contributed by atoms with E-state index in [1.165, 1.54) is 0 Å². The largest absolute Gasteiger partial charge is 0.490 e. The Bertz CT molecular complexity index is 528. The summed E-state index contributed by atoms with van der Waals surface area (Å²) < 4.78 is 11.4. The van der Waals surface area contributed by atoms with Gasteiger partial charge in [-0.05, 0) is 36.6 Å². The van der Waals surface area contributed by atoms with Gasteiger partial charge in [0, 0.05) is 6.04 Å². The van der Waals surface area contributed by atoms with Crippen LogP contribution in [-0.2, 0) is 6.42 Å². The third-order valence-electron chi connectivity index (χ3n) is 3.33. The maximum atomic E-state index is 6.02. The van der Waals surface area contributed by atoms with Gasteiger partial charge in [-0.25, -0.2) is 0 Å². The maximum absolute atomic E-state index is 6.02. The van der Waals surface area contributed by atoms with E-state index in [4.69, 9.17) is 15.2 Å². The van der Waals surface area contributed by atoms with Crippen molar-refractivity contribution in [3.63, 3.8) is 0 Å². The molecule has 1 unspecified atom stereocenters. The molecule has 2 aromatic carbocycles. The molecule has 1 atom stereocenters. The molecule has 0 bridgehead atoms. The van der Waals surface area contributed by atoms with E-state index in [1.54, 1.807) is 0 Å². The lowest BCUT2D eigenvalue weighted by atomic mass is 10.0. The first kappa shape index (κ1) is 15.4. The van der Waals surface area contributed by atoms with Gasteiger partial charge >= 0.3 is 0 Å². The Morgan fingerprint density at radius 1 is 0.905 bits per heavy atom. The van der Waals surface area contributed by atoms with Gasteiger partial charge in [-0.3, -0.25) is 0 Å². The molecule has 0 spiro atoms. The van der Waals surface area contributed by atoms with Crippen molar-refractivity contribution < 1.29 is 9.47 Å². The van der Waals surface area contributed by atoms with Gasteiger partial charge in [-0.15, -0.1) is 0 Å². The molecule has 0 saturated heterocycles. The number of nitrogens with two attached hydrogens (primary N) is 1. The summed E-state index contributed by atoms with van der Waals surface area (Å²) in [5.74, 6) is 1.76. The van der Waals surface area contributed by atoms with Crippen LogP contribution in [0.4, 0.5) is 0 Å². The van der Waals surface area contributed by atoms with E-state index in [1.807, 2.05) is 48.5 Å². The van der Waals surface area contributed by atoms with Crippen LogP contribution < -0.4 is 15.2 Å². The van der Waals surface area contributed by atoms with Gasteiger partial charge in [-0.1, -0.05) is 43.3 Å². The Kier molecular flexibility index (Phi) is 6.10. The van der Waals surface area contributed by atoms with E-state index in [2.05, 4.69) is 13.0 Å². The zero-order valence-corrected chi connectivity index (χ0v) is 12.5. The second kappa shape index (κ2) is 8.32. The van der Waals surface area contributed by atoms with Crippen LogP contribution in [0.3, 0.4) is 0 Å². The molecule has 112 valence electrons. The number of para-hydroxylation sites is 2. The molecule has 0 aromatic heterocycles. The number of hydrogen-bond acceptors (Lipinski definition) is 3. The Morgan fingerprint density at radius 2 is 1.57 bits per heavy atom. The highest BCUT2D eigenvalue weighted by Gasteiger charge is 2.07. The Balaban J connectivity index is 1.82. The zero-order chi connectivity index (χ0) is 14.9. The van der Waals surface area contributed by atoms with Crippen LogP contribution in [-0.4, -0.2) is 19.3 Å². The molecule has 0 radical (unpaired) electrons. The lowest BCUT2D eigenvalue weighted by Crippen LogP contribution is -2.22. The molecular weight excluding hydrogens is 262 g/mol. The average molecular weight is 285 g/mol. The first-order valence-electron chi connectivity index (χ1n) is 7.43. The van der Waals surface area contributed by atoms with Gasteiger partial charge in [0.15, 0.2) is 0 Å². The van der Waals surface area contributed by atoms with Gasteiger partial charge < -0.3 is 15.2 Å². The van der Waals surface area contributed by atoms with Crippen LogP contribution >= 0.6 is 0 Å². The third kappa shape index (κ3) is 5.12. The highest BCUT2D eigenvalue weighted by Crippen LogP contribution is 2.20. The van der Waals surface area contributed by atoms with Crippen LogP contribution in [0.25, 0.3) is 0 Å². The second-order valence-corrected chi connectivity index (χ2v) is 4.99. The molecule has 2 aromatic rings. The Hall–Kier alpha value is -2.00. The van der Waals surface area contributed by atoms with Crippen LogP contribution in [0.5, 0.6) is 11.5 Å². The van der Waals surface area contributed by atoms with E-state index in [-0.39, 0.29) is 6.04 Å². The van der Waals surface area contributed by atoms with Gasteiger partial charge in [-0.2, -0.15) is 0 Å². The van der Waals surface area contributed by atoms with Crippen molar-refractivity contribution in [2.75, 3.05) is 13.2 Å². The molecule has 21 heavy (non-hydrogen) atoms. The van der Waals surface area contributed by atoms with Crippen LogP contribution in [0.2, 0.25) is 0 Å². The number of hydrogen-bond donors (Lipinski definition) is 1. The molecule has 3 heteroatoms. The molecule has 2 rings (SSSR count). The molecule has 0 amide bonds. The van der Waals surface area contributed by atoms with Gasteiger partial charge in [0.1, 0.15) is 24.7 Å². The van der Waals surface area contributed by atoms with E-state index in [0.29, 0.717) is 13.2 Å². The lowest BCUT2D eigenvalue weighted by Gasteiger charge is -2.14. The summed E-state index contributed by atoms with van der Waals surface area (Å²) in [6.07, 6.45) is 1.80. The summed E-state index contributed by atoms with van der Waals surface area (Å²) in [6, 6.07) is 18.0. The minimum Gasteiger partial charge on any atom is -0.490 e. The van der Waals surface area contributed by atoms with Crippen molar-refractivity contribution in [1.82, 2.24) is 0 Å². The van der Waals surface area contributed by atoms with Gasteiger partial charge in [0.25, 0.3) is 0 Å². The molecule has 0 saturated carbocycles. The van der Waals surface area contributed by atoms with Crippen molar-refractivity contribution in [3.05, 3.63) is 60.2 Å². The lowest BCUT2D eigenvalue weighted by molar-refractivity contribution is 0.215. The van der Waals surface area contributed by atoms with E-state index in [0.717, 1.165) is 29.9 Å². The fraction of sp³-hybridized carbons (Fsp3) is 0.333. The molecule has 3 nitrogen and oxygen atoms in total. The smallest absolute Gasteiger partial charge is 0.122 e. The normalized spacial score (nSPS) is 11.9.